The summed E-state index contributed by atoms with van der Waals surface area (Å²) in [7, 11) is 1.42. The first-order valence-corrected chi connectivity index (χ1v) is 7.38. The molecule has 0 aliphatic carbocycles. The van der Waals surface area contributed by atoms with Crippen LogP contribution in [0.3, 0.4) is 0 Å². The second kappa shape index (κ2) is 7.29. The Morgan fingerprint density at radius 3 is 2.50 bits per heavy atom. The Morgan fingerprint density at radius 1 is 1.30 bits per heavy atom. The molecule has 0 spiro atoms. The first kappa shape index (κ1) is 14.9. The fraction of sp³-hybridized carbons (Fsp3) is 0.562. The van der Waals surface area contributed by atoms with Gasteiger partial charge in [0.2, 0.25) is 0 Å². The minimum absolute atomic E-state index is 0.214. The number of esters is 1. The average Bonchev–Trinajstić information content (AvgIpc) is 2.98. The lowest BCUT2D eigenvalue weighted by atomic mass is 10.1. The molecule has 0 radical (unpaired) electrons. The van der Waals surface area contributed by atoms with E-state index in [2.05, 4.69) is 22.3 Å². The lowest BCUT2D eigenvalue weighted by Gasteiger charge is -2.17. The third-order valence-corrected chi connectivity index (χ3v) is 3.79. The molecular weight excluding hydrogens is 252 g/mol. The van der Waals surface area contributed by atoms with E-state index in [1.165, 1.54) is 38.6 Å². The second-order valence-corrected chi connectivity index (χ2v) is 5.31. The molecule has 110 valence electrons. The van der Waals surface area contributed by atoms with Gasteiger partial charge in [-0.15, -0.1) is 0 Å². The molecule has 4 heteroatoms. The summed E-state index contributed by atoms with van der Waals surface area (Å²) in [4.78, 5) is 14.0. The minimum Gasteiger partial charge on any atom is -0.467 e. The van der Waals surface area contributed by atoms with E-state index >= 15 is 0 Å². The predicted octanol–water partition coefficient (Wildman–Crippen LogP) is 2.65. The van der Waals surface area contributed by atoms with Crippen LogP contribution < -0.4 is 5.32 Å². The second-order valence-electron chi connectivity index (χ2n) is 5.31. The number of carbonyl (C=O) groups is 1. The van der Waals surface area contributed by atoms with Gasteiger partial charge < -0.3 is 10.1 Å². The highest BCUT2D eigenvalue weighted by Gasteiger charge is 2.16. The van der Waals surface area contributed by atoms with Gasteiger partial charge in [-0.2, -0.15) is 0 Å². The number of hydrogen-bond acceptors (Lipinski definition) is 4. The summed E-state index contributed by atoms with van der Waals surface area (Å²) in [5, 5.41) is 3.21. The topological polar surface area (TPSA) is 41.6 Å². The molecule has 1 aliphatic rings. The van der Waals surface area contributed by atoms with Crippen LogP contribution in [0.5, 0.6) is 0 Å². The molecule has 1 saturated heterocycles. The van der Waals surface area contributed by atoms with Crippen molar-refractivity contribution in [1.29, 1.82) is 0 Å². The SMILES string of the molecule is CCC(Nc1ccc(CN2CCCC2)cc1)C(=O)OC. The van der Waals surface area contributed by atoms with Gasteiger partial charge in [-0.25, -0.2) is 4.79 Å². The molecule has 1 aliphatic heterocycles. The number of hydrogen-bond donors (Lipinski definition) is 1. The maximum atomic E-state index is 11.6. The summed E-state index contributed by atoms with van der Waals surface area (Å²) >= 11 is 0. The summed E-state index contributed by atoms with van der Waals surface area (Å²) in [5.74, 6) is -0.214. The van der Waals surface area contributed by atoms with E-state index in [-0.39, 0.29) is 12.0 Å². The highest BCUT2D eigenvalue weighted by Crippen LogP contribution is 2.16. The van der Waals surface area contributed by atoms with Crippen LogP contribution in [-0.2, 0) is 16.1 Å². The number of anilines is 1. The van der Waals surface area contributed by atoms with Crippen LogP contribution in [0.1, 0.15) is 31.7 Å². The van der Waals surface area contributed by atoms with Gasteiger partial charge in [0, 0.05) is 12.2 Å². The van der Waals surface area contributed by atoms with Gasteiger partial charge in [0.05, 0.1) is 7.11 Å². The molecule has 0 bridgehead atoms. The molecule has 1 fully saturated rings. The van der Waals surface area contributed by atoms with Gasteiger partial charge in [-0.3, -0.25) is 4.90 Å². The Kier molecular flexibility index (Phi) is 5.41. The number of rotatable bonds is 6. The van der Waals surface area contributed by atoms with E-state index in [9.17, 15) is 4.79 Å². The standard InChI is InChI=1S/C16H24N2O2/c1-3-15(16(19)20-2)17-14-8-6-13(7-9-14)12-18-10-4-5-11-18/h6-9,15,17H,3-5,10-12H2,1-2H3. The van der Waals surface area contributed by atoms with Gasteiger partial charge in [-0.05, 0) is 50.0 Å². The van der Waals surface area contributed by atoms with Gasteiger partial charge in [0.25, 0.3) is 0 Å². The summed E-state index contributed by atoms with van der Waals surface area (Å²) < 4.78 is 4.78. The van der Waals surface area contributed by atoms with Crippen molar-refractivity contribution in [2.24, 2.45) is 0 Å². The van der Waals surface area contributed by atoms with Crippen LogP contribution in [0.15, 0.2) is 24.3 Å². The third kappa shape index (κ3) is 3.97. The minimum atomic E-state index is -0.274. The molecule has 4 nitrogen and oxygen atoms in total. The maximum Gasteiger partial charge on any atom is 0.328 e. The molecular formula is C16H24N2O2. The van der Waals surface area contributed by atoms with Crippen LogP contribution in [0, 0.1) is 0 Å². The first-order chi connectivity index (χ1) is 9.72. The Bertz CT molecular complexity index is 425. The number of methoxy groups -OCH3 is 1. The molecule has 1 N–H and O–H groups in total. The van der Waals surface area contributed by atoms with Crippen LogP contribution in [0.4, 0.5) is 5.69 Å². The monoisotopic (exact) mass is 276 g/mol. The molecule has 0 amide bonds. The summed E-state index contributed by atoms with van der Waals surface area (Å²) in [6, 6.07) is 8.06. The van der Waals surface area contributed by atoms with E-state index in [0.717, 1.165) is 12.2 Å². The highest BCUT2D eigenvalue weighted by molar-refractivity contribution is 5.79. The molecule has 2 rings (SSSR count). The number of benzene rings is 1. The normalized spacial score (nSPS) is 16.9. The van der Waals surface area contributed by atoms with Gasteiger partial charge >= 0.3 is 5.97 Å². The van der Waals surface area contributed by atoms with Crippen molar-refractivity contribution in [2.75, 3.05) is 25.5 Å². The molecule has 1 aromatic carbocycles. The molecule has 1 heterocycles. The van der Waals surface area contributed by atoms with E-state index in [1.807, 2.05) is 19.1 Å². The van der Waals surface area contributed by atoms with E-state index in [4.69, 9.17) is 4.74 Å². The van der Waals surface area contributed by atoms with E-state index in [1.54, 1.807) is 0 Å². The maximum absolute atomic E-state index is 11.6. The predicted molar refractivity (Wildman–Crippen MR) is 80.7 cm³/mol. The van der Waals surface area contributed by atoms with Crippen molar-refractivity contribution >= 4 is 11.7 Å². The number of likely N-dealkylation sites (tertiary alicyclic amines) is 1. The summed E-state index contributed by atoms with van der Waals surface area (Å²) in [5.41, 5.74) is 2.29. The van der Waals surface area contributed by atoms with E-state index in [0.29, 0.717) is 6.42 Å². The Morgan fingerprint density at radius 2 is 1.95 bits per heavy atom. The zero-order chi connectivity index (χ0) is 14.4. The quantitative estimate of drug-likeness (QED) is 0.811. The largest absolute Gasteiger partial charge is 0.467 e. The highest BCUT2D eigenvalue weighted by atomic mass is 16.5. The van der Waals surface area contributed by atoms with Gasteiger partial charge in [0.15, 0.2) is 0 Å². The zero-order valence-corrected chi connectivity index (χ0v) is 12.4. The Labute approximate surface area is 121 Å². The van der Waals surface area contributed by atoms with Crippen molar-refractivity contribution in [3.8, 4) is 0 Å². The molecule has 0 saturated carbocycles. The van der Waals surface area contributed by atoms with Gasteiger partial charge in [-0.1, -0.05) is 19.1 Å². The van der Waals surface area contributed by atoms with Crippen LogP contribution >= 0.6 is 0 Å². The Hall–Kier alpha value is -1.55. The fourth-order valence-electron chi connectivity index (χ4n) is 2.58. The molecule has 20 heavy (non-hydrogen) atoms. The number of ether oxygens (including phenoxy) is 1. The third-order valence-electron chi connectivity index (χ3n) is 3.79. The number of nitrogens with one attached hydrogen (secondary N) is 1. The number of nitrogens with zero attached hydrogens (tertiary/aromatic N) is 1. The molecule has 1 aromatic rings. The van der Waals surface area contributed by atoms with Crippen molar-refractivity contribution in [1.82, 2.24) is 4.90 Å². The van der Waals surface area contributed by atoms with Crippen molar-refractivity contribution in [2.45, 2.75) is 38.8 Å². The van der Waals surface area contributed by atoms with Crippen molar-refractivity contribution < 1.29 is 9.53 Å². The molecule has 0 aromatic heterocycles. The smallest absolute Gasteiger partial charge is 0.328 e. The zero-order valence-electron chi connectivity index (χ0n) is 12.4. The Balaban J connectivity index is 1.91. The number of carbonyl (C=O) groups excluding carboxylic acids is 1. The average molecular weight is 276 g/mol. The van der Waals surface area contributed by atoms with Crippen molar-refractivity contribution in [3.05, 3.63) is 29.8 Å². The van der Waals surface area contributed by atoms with Crippen LogP contribution in [0.2, 0.25) is 0 Å². The lowest BCUT2D eigenvalue weighted by Crippen LogP contribution is -2.29. The first-order valence-electron chi connectivity index (χ1n) is 7.38. The van der Waals surface area contributed by atoms with E-state index < -0.39 is 0 Å². The van der Waals surface area contributed by atoms with Crippen LogP contribution in [-0.4, -0.2) is 37.1 Å². The van der Waals surface area contributed by atoms with Gasteiger partial charge in [0.1, 0.15) is 6.04 Å². The van der Waals surface area contributed by atoms with Crippen LogP contribution in [0.25, 0.3) is 0 Å². The molecule has 1 atom stereocenters. The summed E-state index contributed by atoms with van der Waals surface area (Å²) in [6.07, 6.45) is 3.34. The lowest BCUT2D eigenvalue weighted by molar-refractivity contribution is -0.141. The van der Waals surface area contributed by atoms with Crippen molar-refractivity contribution in [3.63, 3.8) is 0 Å². The summed E-state index contributed by atoms with van der Waals surface area (Å²) in [6.45, 7) is 5.41. The fourth-order valence-corrected chi connectivity index (χ4v) is 2.58. The molecule has 1 unspecified atom stereocenters.